The van der Waals surface area contributed by atoms with Crippen molar-refractivity contribution < 1.29 is 4.79 Å². The molecule has 0 radical (unpaired) electrons. The van der Waals surface area contributed by atoms with E-state index in [0.29, 0.717) is 16.2 Å². The summed E-state index contributed by atoms with van der Waals surface area (Å²) in [4.78, 5) is 14.7. The van der Waals surface area contributed by atoms with Crippen molar-refractivity contribution in [3.8, 4) is 0 Å². The highest BCUT2D eigenvalue weighted by molar-refractivity contribution is 7.80. The van der Waals surface area contributed by atoms with Crippen LogP contribution in [0, 0.1) is 5.92 Å². The van der Waals surface area contributed by atoms with Crippen LogP contribution >= 0.6 is 12.2 Å². The van der Waals surface area contributed by atoms with Gasteiger partial charge in [-0.05, 0) is 44.9 Å². The minimum atomic E-state index is -0.171. The summed E-state index contributed by atoms with van der Waals surface area (Å²) in [5.74, 6) is 0.732. The van der Waals surface area contributed by atoms with Gasteiger partial charge >= 0.3 is 0 Å². The van der Waals surface area contributed by atoms with Gasteiger partial charge in [0.05, 0.1) is 11.7 Å². The lowest BCUT2D eigenvalue weighted by molar-refractivity contribution is -0.120. The number of anilines is 1. The third-order valence-electron chi connectivity index (χ3n) is 3.73. The average molecular weight is 291 g/mol. The summed E-state index contributed by atoms with van der Waals surface area (Å²) >= 11 is 5.00. The van der Waals surface area contributed by atoms with E-state index < -0.39 is 0 Å². The molecule has 0 bridgehead atoms. The van der Waals surface area contributed by atoms with Crippen LogP contribution in [0.1, 0.15) is 25.3 Å². The lowest BCUT2D eigenvalue weighted by atomic mass is 10.1. The van der Waals surface area contributed by atoms with E-state index in [1.54, 1.807) is 0 Å². The Morgan fingerprint density at radius 2 is 2.15 bits per heavy atom. The Morgan fingerprint density at radius 3 is 2.75 bits per heavy atom. The molecule has 0 spiro atoms. The highest BCUT2D eigenvalue weighted by Gasteiger charge is 2.27. The zero-order valence-electron chi connectivity index (χ0n) is 11.9. The molecule has 108 valence electrons. The molecule has 1 fully saturated rings. The van der Waals surface area contributed by atoms with Gasteiger partial charge in [-0.3, -0.25) is 9.69 Å². The van der Waals surface area contributed by atoms with E-state index in [1.807, 2.05) is 38.2 Å². The fourth-order valence-corrected chi connectivity index (χ4v) is 2.29. The number of carbonyl (C=O) groups excluding carboxylic acids is 1. The molecule has 1 amide bonds. The van der Waals surface area contributed by atoms with Gasteiger partial charge < -0.3 is 11.1 Å². The highest BCUT2D eigenvalue weighted by Crippen LogP contribution is 2.29. The van der Waals surface area contributed by atoms with Crippen LogP contribution in [0.25, 0.3) is 0 Å². The van der Waals surface area contributed by atoms with Crippen LogP contribution in [0.3, 0.4) is 0 Å². The number of benzene rings is 1. The summed E-state index contributed by atoms with van der Waals surface area (Å²) in [6.07, 6.45) is 2.56. The number of likely N-dealkylation sites (N-methyl/N-ethyl adjacent to an activating group) is 1. The van der Waals surface area contributed by atoms with Gasteiger partial charge in [0.15, 0.2) is 0 Å². The molecule has 0 aliphatic heterocycles. The predicted octanol–water partition coefficient (Wildman–Crippen LogP) is 1.99. The van der Waals surface area contributed by atoms with E-state index in [-0.39, 0.29) is 11.9 Å². The van der Waals surface area contributed by atoms with Gasteiger partial charge in [-0.2, -0.15) is 0 Å². The molecule has 1 aliphatic carbocycles. The first-order chi connectivity index (χ1) is 9.49. The largest absolute Gasteiger partial charge is 0.389 e. The third-order valence-corrected chi connectivity index (χ3v) is 3.95. The molecule has 0 heterocycles. The Morgan fingerprint density at radius 1 is 1.50 bits per heavy atom. The van der Waals surface area contributed by atoms with Crippen molar-refractivity contribution in [3.05, 3.63) is 29.8 Å². The first-order valence-electron chi connectivity index (χ1n) is 6.89. The Hall–Kier alpha value is -1.46. The molecule has 1 aromatic rings. The second kappa shape index (κ2) is 6.33. The summed E-state index contributed by atoms with van der Waals surface area (Å²) in [5, 5.41) is 2.92. The predicted molar refractivity (Wildman–Crippen MR) is 85.8 cm³/mol. The summed E-state index contributed by atoms with van der Waals surface area (Å²) in [6.45, 7) is 2.90. The second-order valence-corrected chi connectivity index (χ2v) is 5.90. The fourth-order valence-electron chi connectivity index (χ4n) is 2.11. The fraction of sp³-hybridized carbons (Fsp3) is 0.467. The van der Waals surface area contributed by atoms with E-state index >= 15 is 0 Å². The Labute approximate surface area is 125 Å². The van der Waals surface area contributed by atoms with Crippen molar-refractivity contribution in [1.29, 1.82) is 0 Å². The lowest BCUT2D eigenvalue weighted by Gasteiger charge is -2.24. The molecule has 1 aromatic carbocycles. The minimum absolute atomic E-state index is 0.0307. The number of carbonyl (C=O) groups is 1. The molecule has 20 heavy (non-hydrogen) atoms. The van der Waals surface area contributed by atoms with Gasteiger partial charge in [0, 0.05) is 12.1 Å². The van der Waals surface area contributed by atoms with E-state index in [2.05, 4.69) is 10.2 Å². The number of hydrogen-bond acceptors (Lipinski definition) is 3. The van der Waals surface area contributed by atoms with Crippen molar-refractivity contribution >= 4 is 28.8 Å². The normalized spacial score (nSPS) is 15.9. The topological polar surface area (TPSA) is 58.4 Å². The number of nitrogens with zero attached hydrogens (tertiary/aromatic N) is 1. The Balaban J connectivity index is 2.01. The molecule has 1 unspecified atom stereocenters. The third kappa shape index (κ3) is 3.77. The zero-order valence-corrected chi connectivity index (χ0v) is 12.7. The molecule has 4 nitrogen and oxygen atoms in total. The second-order valence-electron chi connectivity index (χ2n) is 5.46. The first-order valence-corrected chi connectivity index (χ1v) is 7.29. The average Bonchev–Trinajstić information content (AvgIpc) is 3.22. The highest BCUT2D eigenvalue weighted by atomic mass is 32.1. The smallest absolute Gasteiger partial charge is 0.241 e. The number of rotatable bonds is 6. The van der Waals surface area contributed by atoms with Crippen LogP contribution in [-0.4, -0.2) is 35.4 Å². The van der Waals surface area contributed by atoms with Crippen LogP contribution in [0.15, 0.2) is 24.3 Å². The number of nitrogens with two attached hydrogens (primary N) is 1. The van der Waals surface area contributed by atoms with Crippen LogP contribution in [0.4, 0.5) is 5.69 Å². The van der Waals surface area contributed by atoms with Crippen molar-refractivity contribution in [2.75, 3.05) is 18.9 Å². The summed E-state index contributed by atoms with van der Waals surface area (Å²) in [6, 6.07) is 7.18. The molecule has 1 saturated carbocycles. The van der Waals surface area contributed by atoms with Crippen LogP contribution < -0.4 is 11.1 Å². The van der Waals surface area contributed by atoms with Gasteiger partial charge in [-0.15, -0.1) is 0 Å². The summed E-state index contributed by atoms with van der Waals surface area (Å²) in [7, 11) is 1.99. The molecule has 1 aliphatic rings. The Bertz CT molecular complexity index is 514. The maximum atomic E-state index is 12.3. The lowest BCUT2D eigenvalue weighted by Crippen LogP contribution is -2.40. The monoisotopic (exact) mass is 291 g/mol. The molecule has 3 N–H and O–H groups in total. The molecule has 1 atom stereocenters. The standard InChI is InChI=1S/C15H21N3OS/c1-10(18(2)9-11-7-8-11)15(19)17-13-6-4-3-5-12(13)14(16)20/h3-6,10-11H,7-9H2,1-2H3,(H2,16,20)(H,17,19). The number of amides is 1. The first kappa shape index (κ1) is 14.9. The van der Waals surface area contributed by atoms with Gasteiger partial charge in [0.2, 0.25) is 5.91 Å². The van der Waals surface area contributed by atoms with Crippen LogP contribution in [0.2, 0.25) is 0 Å². The Kier molecular flexibility index (Phi) is 4.73. The number of hydrogen-bond donors (Lipinski definition) is 2. The molecule has 5 heteroatoms. The maximum Gasteiger partial charge on any atom is 0.241 e. The molecule has 0 aromatic heterocycles. The van der Waals surface area contributed by atoms with Gasteiger partial charge in [0.1, 0.15) is 4.99 Å². The molecular weight excluding hydrogens is 270 g/mol. The van der Waals surface area contributed by atoms with Crippen molar-refractivity contribution in [3.63, 3.8) is 0 Å². The summed E-state index contributed by atoms with van der Waals surface area (Å²) < 4.78 is 0. The molecular formula is C15H21N3OS. The van der Waals surface area contributed by atoms with Gasteiger partial charge in [0.25, 0.3) is 0 Å². The minimum Gasteiger partial charge on any atom is -0.389 e. The summed E-state index contributed by atoms with van der Waals surface area (Å²) in [5.41, 5.74) is 7.05. The van der Waals surface area contributed by atoms with Gasteiger partial charge in [-0.25, -0.2) is 0 Å². The molecule has 0 saturated heterocycles. The number of para-hydroxylation sites is 1. The van der Waals surface area contributed by atoms with Crippen LogP contribution in [0.5, 0.6) is 0 Å². The SMILES string of the molecule is CC(C(=O)Nc1ccccc1C(N)=S)N(C)CC1CC1. The van der Waals surface area contributed by atoms with Crippen molar-refractivity contribution in [1.82, 2.24) is 4.90 Å². The van der Waals surface area contributed by atoms with Crippen molar-refractivity contribution in [2.24, 2.45) is 11.7 Å². The zero-order chi connectivity index (χ0) is 14.7. The maximum absolute atomic E-state index is 12.3. The molecule has 2 rings (SSSR count). The van der Waals surface area contributed by atoms with Crippen molar-refractivity contribution in [2.45, 2.75) is 25.8 Å². The van der Waals surface area contributed by atoms with Gasteiger partial charge in [-0.1, -0.05) is 24.4 Å². The van der Waals surface area contributed by atoms with E-state index in [4.69, 9.17) is 18.0 Å². The van der Waals surface area contributed by atoms with Crippen LogP contribution in [-0.2, 0) is 4.79 Å². The number of nitrogens with one attached hydrogen (secondary N) is 1. The number of thiocarbonyl (C=S) groups is 1. The van der Waals surface area contributed by atoms with E-state index in [0.717, 1.165) is 12.5 Å². The van der Waals surface area contributed by atoms with E-state index in [9.17, 15) is 4.79 Å². The quantitative estimate of drug-likeness (QED) is 0.787. The van der Waals surface area contributed by atoms with E-state index in [1.165, 1.54) is 12.8 Å².